The molecule has 3 atom stereocenters. The summed E-state index contributed by atoms with van der Waals surface area (Å²) in [7, 11) is 0. The molecule has 0 aliphatic rings. The molecule has 0 aromatic carbocycles. The van der Waals surface area contributed by atoms with Crippen LogP contribution in [0.2, 0.25) is 0 Å². The number of aliphatic hydroxyl groups is 2. The lowest BCUT2D eigenvalue weighted by atomic mass is 10.0. The number of amides is 1. The second kappa shape index (κ2) is 51.3. The Hall–Kier alpha value is -1.66. The van der Waals surface area contributed by atoms with Gasteiger partial charge < -0.3 is 20.3 Å². The fourth-order valence-electron chi connectivity index (χ4n) is 8.72. The van der Waals surface area contributed by atoms with E-state index in [9.17, 15) is 19.8 Å². The lowest BCUT2D eigenvalue weighted by Gasteiger charge is -2.24. The number of esters is 1. The molecule has 1 amide bonds. The van der Waals surface area contributed by atoms with Gasteiger partial charge in [-0.25, -0.2) is 0 Å². The van der Waals surface area contributed by atoms with Gasteiger partial charge in [-0.05, 0) is 70.6 Å². The number of hydrogen-bond donors (Lipinski definition) is 3. The zero-order valence-electron chi connectivity index (χ0n) is 42.5. The van der Waals surface area contributed by atoms with Crippen molar-refractivity contribution in [2.75, 3.05) is 6.61 Å². The summed E-state index contributed by atoms with van der Waals surface area (Å²) in [6.07, 6.45) is 59.6. The normalized spacial score (nSPS) is 13.3. The Balaban J connectivity index is 4.49. The molecule has 372 valence electrons. The van der Waals surface area contributed by atoms with Crippen LogP contribution in [0.3, 0.4) is 0 Å². The molecule has 3 unspecified atom stereocenters. The lowest BCUT2D eigenvalue weighted by Crippen LogP contribution is -2.46. The summed E-state index contributed by atoms with van der Waals surface area (Å²) in [4.78, 5) is 26.2. The highest BCUT2D eigenvalue weighted by Crippen LogP contribution is 2.18. The fourth-order valence-corrected chi connectivity index (χ4v) is 8.72. The molecule has 0 rings (SSSR count). The van der Waals surface area contributed by atoms with E-state index in [1.807, 2.05) is 0 Å². The monoisotopic (exact) mass is 888 g/mol. The van der Waals surface area contributed by atoms with Crippen LogP contribution < -0.4 is 5.32 Å². The third-order valence-electron chi connectivity index (χ3n) is 13.0. The topological polar surface area (TPSA) is 95.9 Å². The Morgan fingerprint density at radius 2 is 0.778 bits per heavy atom. The minimum atomic E-state index is -0.791. The molecule has 0 aliphatic heterocycles. The maximum atomic E-state index is 13.2. The summed E-state index contributed by atoms with van der Waals surface area (Å²) in [5.74, 6) is -0.491. The van der Waals surface area contributed by atoms with Crippen molar-refractivity contribution in [1.82, 2.24) is 5.32 Å². The summed E-state index contributed by atoms with van der Waals surface area (Å²) < 4.78 is 5.93. The minimum absolute atomic E-state index is 0.0604. The molecular formula is C57H109NO5. The number of rotatable bonds is 51. The highest BCUT2D eigenvalue weighted by molar-refractivity contribution is 5.77. The van der Waals surface area contributed by atoms with Crippen LogP contribution in [0.1, 0.15) is 303 Å². The van der Waals surface area contributed by atoms with Crippen LogP contribution in [0.5, 0.6) is 0 Å². The number of nitrogens with one attached hydrogen (secondary N) is 1. The van der Waals surface area contributed by atoms with Crippen molar-refractivity contribution < 1.29 is 24.5 Å². The van der Waals surface area contributed by atoms with Crippen LogP contribution in [0.15, 0.2) is 24.3 Å². The quantitative estimate of drug-likeness (QED) is 0.0321. The summed E-state index contributed by atoms with van der Waals surface area (Å²) >= 11 is 0. The fraction of sp³-hybridized carbons (Fsp3) is 0.895. The van der Waals surface area contributed by atoms with Crippen LogP contribution in [-0.4, -0.2) is 46.9 Å². The molecule has 0 bridgehead atoms. The average molecular weight is 889 g/mol. The molecule has 0 fully saturated rings. The number of allylic oxidation sites excluding steroid dienone is 4. The molecule has 0 saturated carbocycles. The van der Waals surface area contributed by atoms with Crippen molar-refractivity contribution in [3.8, 4) is 0 Å². The molecule has 6 nitrogen and oxygen atoms in total. The largest absolute Gasteiger partial charge is 0.462 e. The number of ether oxygens (including phenoxy) is 1. The molecule has 0 radical (unpaired) electrons. The van der Waals surface area contributed by atoms with Gasteiger partial charge in [0.2, 0.25) is 5.91 Å². The Morgan fingerprint density at radius 1 is 0.444 bits per heavy atom. The van der Waals surface area contributed by atoms with Crippen molar-refractivity contribution in [3.63, 3.8) is 0 Å². The highest BCUT2D eigenvalue weighted by Gasteiger charge is 2.24. The summed E-state index contributed by atoms with van der Waals surface area (Å²) in [5.41, 5.74) is 0. The summed E-state index contributed by atoms with van der Waals surface area (Å²) in [6.45, 7) is 6.49. The van der Waals surface area contributed by atoms with Crippen molar-refractivity contribution >= 4 is 11.9 Å². The third kappa shape index (κ3) is 46.7. The van der Waals surface area contributed by atoms with E-state index in [2.05, 4.69) is 50.4 Å². The Kier molecular flexibility index (Phi) is 50.0. The zero-order valence-corrected chi connectivity index (χ0v) is 42.5. The molecule has 6 heteroatoms. The molecule has 0 spiro atoms. The summed E-state index contributed by atoms with van der Waals surface area (Å²) in [5, 5.41) is 23.8. The van der Waals surface area contributed by atoms with E-state index in [1.54, 1.807) is 0 Å². The van der Waals surface area contributed by atoms with Gasteiger partial charge >= 0.3 is 5.97 Å². The van der Waals surface area contributed by atoms with Gasteiger partial charge in [-0.1, -0.05) is 244 Å². The van der Waals surface area contributed by atoms with E-state index in [0.29, 0.717) is 19.3 Å². The van der Waals surface area contributed by atoms with E-state index in [-0.39, 0.29) is 24.9 Å². The molecule has 0 aromatic heterocycles. The van der Waals surface area contributed by atoms with Gasteiger partial charge in [-0.15, -0.1) is 0 Å². The van der Waals surface area contributed by atoms with Gasteiger partial charge in [0.05, 0.1) is 25.2 Å². The van der Waals surface area contributed by atoms with Crippen molar-refractivity contribution in [3.05, 3.63) is 24.3 Å². The first kappa shape index (κ1) is 61.3. The first-order valence-corrected chi connectivity index (χ1v) is 28.1. The maximum absolute atomic E-state index is 13.2. The minimum Gasteiger partial charge on any atom is -0.462 e. The van der Waals surface area contributed by atoms with Crippen molar-refractivity contribution in [2.45, 2.75) is 322 Å². The highest BCUT2D eigenvalue weighted by atomic mass is 16.5. The average Bonchev–Trinajstić information content (AvgIpc) is 3.28. The number of aliphatic hydroxyl groups excluding tert-OH is 2. The summed E-state index contributed by atoms with van der Waals surface area (Å²) in [6, 6.07) is -0.706. The SMILES string of the molecule is CCCCCCCC/C=C/CCCCCCCCCCCC(=O)OC(CCC/C=C\CCCCCCCCC)CC(=O)NC(CO)C(O)CCCCCCCCCCCCCCC. The van der Waals surface area contributed by atoms with Gasteiger partial charge in [-0.3, -0.25) is 9.59 Å². The van der Waals surface area contributed by atoms with Crippen molar-refractivity contribution in [1.29, 1.82) is 0 Å². The second-order valence-corrected chi connectivity index (χ2v) is 19.3. The first-order valence-electron chi connectivity index (χ1n) is 28.1. The maximum Gasteiger partial charge on any atom is 0.306 e. The number of hydrogen-bond acceptors (Lipinski definition) is 5. The molecule has 0 aliphatic carbocycles. The predicted molar refractivity (Wildman–Crippen MR) is 273 cm³/mol. The van der Waals surface area contributed by atoms with Crippen LogP contribution in [0, 0.1) is 0 Å². The molecule has 63 heavy (non-hydrogen) atoms. The van der Waals surface area contributed by atoms with E-state index < -0.39 is 18.2 Å². The number of carbonyl (C=O) groups excluding carboxylic acids is 2. The molecule has 0 saturated heterocycles. The second-order valence-electron chi connectivity index (χ2n) is 19.3. The van der Waals surface area contributed by atoms with E-state index >= 15 is 0 Å². The Bertz CT molecular complexity index is 997. The zero-order chi connectivity index (χ0) is 45.9. The van der Waals surface area contributed by atoms with E-state index in [0.717, 1.165) is 51.4 Å². The third-order valence-corrected chi connectivity index (χ3v) is 13.0. The molecular weight excluding hydrogens is 779 g/mol. The first-order chi connectivity index (χ1) is 31.0. The van der Waals surface area contributed by atoms with Crippen LogP contribution >= 0.6 is 0 Å². The molecule has 0 heterocycles. The van der Waals surface area contributed by atoms with Crippen LogP contribution in [0.25, 0.3) is 0 Å². The Morgan fingerprint density at radius 3 is 1.16 bits per heavy atom. The van der Waals surface area contributed by atoms with Gasteiger partial charge in [0, 0.05) is 6.42 Å². The molecule has 0 aromatic rings. The van der Waals surface area contributed by atoms with Crippen LogP contribution in [-0.2, 0) is 14.3 Å². The van der Waals surface area contributed by atoms with Gasteiger partial charge in [0.1, 0.15) is 6.10 Å². The van der Waals surface area contributed by atoms with E-state index in [4.69, 9.17) is 4.74 Å². The molecule has 3 N–H and O–H groups in total. The van der Waals surface area contributed by atoms with Gasteiger partial charge in [-0.2, -0.15) is 0 Å². The predicted octanol–water partition coefficient (Wildman–Crippen LogP) is 17.1. The Labute approximate surface area is 392 Å². The number of carbonyl (C=O) groups is 2. The number of unbranched alkanes of at least 4 members (excludes halogenated alkanes) is 35. The van der Waals surface area contributed by atoms with Crippen LogP contribution in [0.4, 0.5) is 0 Å². The van der Waals surface area contributed by atoms with Gasteiger partial charge in [0.15, 0.2) is 0 Å². The van der Waals surface area contributed by atoms with Gasteiger partial charge in [0.25, 0.3) is 0 Å². The van der Waals surface area contributed by atoms with E-state index in [1.165, 1.54) is 205 Å². The standard InChI is InChI=1S/C57H109NO5/c1-4-7-10-13-16-19-22-25-26-27-28-29-30-32-35-38-41-44-47-50-57(62)63-53(48-45-42-39-36-33-24-21-18-15-12-9-6-3)51-56(61)58-54(52-59)55(60)49-46-43-40-37-34-31-23-20-17-14-11-8-5-2/h25-26,36,39,53-55,59-60H,4-24,27-35,37-38,40-52H2,1-3H3,(H,58,61)/b26-25+,39-36-. The van der Waals surface area contributed by atoms with Crippen molar-refractivity contribution in [2.24, 2.45) is 0 Å². The lowest BCUT2D eigenvalue weighted by molar-refractivity contribution is -0.151. The smallest absolute Gasteiger partial charge is 0.306 e.